The first-order chi connectivity index (χ1) is 15.8. The van der Waals surface area contributed by atoms with Crippen LogP contribution in [0.3, 0.4) is 0 Å². The molecule has 0 aromatic heterocycles. The van der Waals surface area contributed by atoms with Crippen LogP contribution in [0.1, 0.15) is 45.1 Å². The molecule has 1 aromatic carbocycles. The minimum atomic E-state index is -1.19. The highest BCUT2D eigenvalue weighted by atomic mass is 16.6. The number of esters is 2. The van der Waals surface area contributed by atoms with Crippen LogP contribution in [-0.4, -0.2) is 72.6 Å². The molecule has 1 aromatic rings. The van der Waals surface area contributed by atoms with E-state index in [0.717, 1.165) is 24.9 Å². The Balaban J connectivity index is 1.93. The molecule has 33 heavy (non-hydrogen) atoms. The molecule has 2 aliphatic heterocycles. The Morgan fingerprint density at radius 2 is 1.94 bits per heavy atom. The quantitative estimate of drug-likeness (QED) is 0.557. The number of amides is 2. The zero-order valence-corrected chi connectivity index (χ0v) is 19.5. The molecular weight excluding hydrogens is 426 g/mol. The van der Waals surface area contributed by atoms with E-state index in [-0.39, 0.29) is 11.9 Å². The summed E-state index contributed by atoms with van der Waals surface area (Å²) < 4.78 is 10.0. The van der Waals surface area contributed by atoms with Crippen molar-refractivity contribution in [1.29, 1.82) is 0 Å². The van der Waals surface area contributed by atoms with Crippen molar-refractivity contribution in [3.8, 4) is 0 Å². The van der Waals surface area contributed by atoms with Crippen molar-refractivity contribution in [3.05, 3.63) is 35.9 Å². The molecule has 2 N–H and O–H groups in total. The first kappa shape index (κ1) is 24.7. The lowest BCUT2D eigenvalue weighted by atomic mass is 9.86. The van der Waals surface area contributed by atoms with Crippen LogP contribution in [0.15, 0.2) is 30.3 Å². The fourth-order valence-corrected chi connectivity index (χ4v) is 4.82. The molecule has 0 bridgehead atoms. The van der Waals surface area contributed by atoms with Gasteiger partial charge >= 0.3 is 11.9 Å². The van der Waals surface area contributed by atoms with E-state index in [9.17, 15) is 19.2 Å². The topological polar surface area (TPSA) is 114 Å². The fraction of sp³-hybridized carbons (Fsp3) is 0.583. The van der Waals surface area contributed by atoms with E-state index in [1.807, 2.05) is 30.3 Å². The molecule has 9 nitrogen and oxygen atoms in total. The molecule has 0 spiro atoms. The number of rotatable bonds is 8. The van der Waals surface area contributed by atoms with E-state index < -0.39 is 35.5 Å². The highest BCUT2D eigenvalue weighted by Gasteiger charge is 2.52. The van der Waals surface area contributed by atoms with Gasteiger partial charge in [-0.1, -0.05) is 30.3 Å². The lowest BCUT2D eigenvalue weighted by Gasteiger charge is -2.39. The van der Waals surface area contributed by atoms with Crippen molar-refractivity contribution in [2.24, 2.45) is 0 Å². The van der Waals surface area contributed by atoms with Crippen LogP contribution in [0, 0.1) is 0 Å². The van der Waals surface area contributed by atoms with Crippen molar-refractivity contribution >= 4 is 23.8 Å². The van der Waals surface area contributed by atoms with Crippen molar-refractivity contribution < 1.29 is 28.7 Å². The number of methoxy groups -OCH3 is 1. The molecule has 4 atom stereocenters. The average Bonchev–Trinajstić information content (AvgIpc) is 3.47. The van der Waals surface area contributed by atoms with Crippen LogP contribution in [0.2, 0.25) is 0 Å². The molecule has 1 unspecified atom stereocenters. The monoisotopic (exact) mass is 459 g/mol. The van der Waals surface area contributed by atoms with Crippen LogP contribution in [0.5, 0.6) is 0 Å². The van der Waals surface area contributed by atoms with Crippen LogP contribution in [0.25, 0.3) is 0 Å². The van der Waals surface area contributed by atoms with E-state index >= 15 is 0 Å². The normalized spacial score (nSPS) is 24.1. The summed E-state index contributed by atoms with van der Waals surface area (Å²) in [6.45, 7) is 3.98. The third-order valence-corrected chi connectivity index (χ3v) is 6.44. The third kappa shape index (κ3) is 5.52. The number of hydrogen-bond acceptors (Lipinski definition) is 7. The number of nitrogens with zero attached hydrogens (tertiary/aromatic N) is 1. The number of hydrogen-bond donors (Lipinski definition) is 2. The van der Waals surface area contributed by atoms with Crippen molar-refractivity contribution in [2.45, 2.75) is 69.7 Å². The predicted molar refractivity (Wildman–Crippen MR) is 120 cm³/mol. The largest absolute Gasteiger partial charge is 0.467 e. The summed E-state index contributed by atoms with van der Waals surface area (Å²) in [5, 5.41) is 5.97. The second-order valence-corrected chi connectivity index (χ2v) is 8.73. The first-order valence-corrected chi connectivity index (χ1v) is 11.4. The van der Waals surface area contributed by atoms with Gasteiger partial charge in [0.1, 0.15) is 11.6 Å². The molecule has 2 amide bonds. The Bertz CT molecular complexity index is 870. The van der Waals surface area contributed by atoms with Gasteiger partial charge in [-0.25, -0.2) is 4.79 Å². The highest BCUT2D eigenvalue weighted by molar-refractivity contribution is 5.96. The van der Waals surface area contributed by atoms with Crippen LogP contribution in [-0.2, 0) is 35.1 Å². The molecule has 2 saturated heterocycles. The van der Waals surface area contributed by atoms with Gasteiger partial charge < -0.3 is 25.0 Å². The van der Waals surface area contributed by atoms with E-state index in [1.165, 1.54) is 21.0 Å². The number of nitrogens with one attached hydrogen (secondary N) is 2. The van der Waals surface area contributed by atoms with E-state index in [4.69, 9.17) is 9.47 Å². The summed E-state index contributed by atoms with van der Waals surface area (Å²) >= 11 is 0. The zero-order chi connectivity index (χ0) is 24.0. The van der Waals surface area contributed by atoms with Crippen LogP contribution >= 0.6 is 0 Å². The van der Waals surface area contributed by atoms with Gasteiger partial charge in [0.05, 0.1) is 13.2 Å². The molecule has 3 rings (SSSR count). The fourth-order valence-electron chi connectivity index (χ4n) is 4.82. The Morgan fingerprint density at radius 1 is 1.21 bits per heavy atom. The smallest absolute Gasteiger partial charge is 0.332 e. The molecule has 0 radical (unpaired) electrons. The van der Waals surface area contributed by atoms with Gasteiger partial charge in [-0.15, -0.1) is 0 Å². The molecular formula is C24H33N3O6. The summed E-state index contributed by atoms with van der Waals surface area (Å²) in [5.41, 5.74) is -0.250. The van der Waals surface area contributed by atoms with Gasteiger partial charge in [0.25, 0.3) is 0 Å². The molecule has 2 aliphatic rings. The Hall–Kier alpha value is -2.94. The number of carbonyl (C=O) groups excluding carboxylic acids is 4. The summed E-state index contributed by atoms with van der Waals surface area (Å²) in [5.74, 6) is -1.85. The number of benzene rings is 1. The molecule has 2 fully saturated rings. The predicted octanol–water partition coefficient (Wildman–Crippen LogP) is 0.952. The van der Waals surface area contributed by atoms with Gasteiger partial charge in [0.2, 0.25) is 11.8 Å². The van der Waals surface area contributed by atoms with Gasteiger partial charge in [0, 0.05) is 19.9 Å². The Morgan fingerprint density at radius 3 is 2.55 bits per heavy atom. The third-order valence-electron chi connectivity index (χ3n) is 6.44. The second-order valence-electron chi connectivity index (χ2n) is 8.73. The maximum atomic E-state index is 13.8. The lowest BCUT2D eigenvalue weighted by molar-refractivity contribution is -0.158. The SMILES string of the molecule is COC(=O)C(NC(=O)[C@]1(Cc2ccccc2)CCCN1C(=O)[C@@H]1CCCN1)[C@@H](C)OC(C)=O. The van der Waals surface area contributed by atoms with Crippen molar-refractivity contribution in [2.75, 3.05) is 20.2 Å². The summed E-state index contributed by atoms with van der Waals surface area (Å²) in [4.78, 5) is 52.9. The van der Waals surface area contributed by atoms with Crippen LogP contribution in [0.4, 0.5) is 0 Å². The Labute approximate surface area is 194 Å². The molecule has 2 heterocycles. The second kappa shape index (κ2) is 10.8. The van der Waals surface area contributed by atoms with Gasteiger partial charge in [0.15, 0.2) is 6.04 Å². The van der Waals surface area contributed by atoms with E-state index in [2.05, 4.69) is 10.6 Å². The molecule has 180 valence electrons. The minimum Gasteiger partial charge on any atom is -0.467 e. The van der Waals surface area contributed by atoms with Gasteiger partial charge in [-0.05, 0) is 44.7 Å². The van der Waals surface area contributed by atoms with Gasteiger partial charge in [-0.3, -0.25) is 14.4 Å². The molecule has 0 saturated carbocycles. The summed E-state index contributed by atoms with van der Waals surface area (Å²) in [7, 11) is 1.21. The van der Waals surface area contributed by atoms with Gasteiger partial charge in [-0.2, -0.15) is 0 Å². The number of likely N-dealkylation sites (tertiary alicyclic amines) is 1. The molecule has 9 heteroatoms. The van der Waals surface area contributed by atoms with Crippen LogP contribution < -0.4 is 10.6 Å². The van der Waals surface area contributed by atoms with E-state index in [1.54, 1.807) is 4.90 Å². The zero-order valence-electron chi connectivity index (χ0n) is 19.5. The number of carbonyl (C=O) groups is 4. The number of ether oxygens (including phenoxy) is 2. The first-order valence-electron chi connectivity index (χ1n) is 11.4. The maximum Gasteiger partial charge on any atom is 0.332 e. The Kier molecular flexibility index (Phi) is 8.07. The van der Waals surface area contributed by atoms with Crippen molar-refractivity contribution in [1.82, 2.24) is 15.5 Å². The standard InChI is InChI=1S/C24H33N3O6/c1-16(33-17(2)28)20(22(30)32-3)26-23(31)24(15-18-9-5-4-6-10-18)12-8-14-27(24)21(29)19-11-7-13-25-19/h4-6,9-10,16,19-20,25H,7-8,11-15H2,1-3H3,(H,26,31)/t16-,19+,20?,24-/m1/s1. The summed E-state index contributed by atoms with van der Waals surface area (Å²) in [6, 6.07) is 8.00. The van der Waals surface area contributed by atoms with Crippen molar-refractivity contribution in [3.63, 3.8) is 0 Å². The minimum absolute atomic E-state index is 0.0984. The highest BCUT2D eigenvalue weighted by Crippen LogP contribution is 2.35. The molecule has 0 aliphatic carbocycles. The maximum absolute atomic E-state index is 13.8. The average molecular weight is 460 g/mol. The lowest BCUT2D eigenvalue weighted by Crippen LogP contribution is -2.64. The van der Waals surface area contributed by atoms with E-state index in [0.29, 0.717) is 25.8 Å². The summed E-state index contributed by atoms with van der Waals surface area (Å²) in [6.07, 6.45) is 2.14.